The lowest BCUT2D eigenvalue weighted by Crippen LogP contribution is -2.49. The summed E-state index contributed by atoms with van der Waals surface area (Å²) < 4.78 is 54.7. The second-order valence-corrected chi connectivity index (χ2v) is 7.36. The maximum Gasteiger partial charge on any atom is 0.259 e. The highest BCUT2D eigenvalue weighted by Gasteiger charge is 2.27. The molecule has 170 valence electrons. The van der Waals surface area contributed by atoms with E-state index in [4.69, 9.17) is 0 Å². The summed E-state index contributed by atoms with van der Waals surface area (Å²) in [5, 5.41) is 2.57. The van der Waals surface area contributed by atoms with Crippen LogP contribution in [0.25, 0.3) is 0 Å². The van der Waals surface area contributed by atoms with E-state index >= 15 is 0 Å². The number of benzene rings is 2. The summed E-state index contributed by atoms with van der Waals surface area (Å²) >= 11 is 0. The summed E-state index contributed by atoms with van der Waals surface area (Å²) in [5.74, 6) is -5.08. The molecule has 1 aliphatic rings. The van der Waals surface area contributed by atoms with Gasteiger partial charge in [-0.05, 0) is 24.3 Å². The van der Waals surface area contributed by atoms with Gasteiger partial charge in [0.25, 0.3) is 11.8 Å². The number of carbonyl (C=O) groups is 2. The summed E-state index contributed by atoms with van der Waals surface area (Å²) in [6, 6.07) is 9.84. The van der Waals surface area contributed by atoms with E-state index in [1.165, 1.54) is 29.3 Å². The summed E-state index contributed by atoms with van der Waals surface area (Å²) in [7, 11) is 0. The van der Waals surface area contributed by atoms with E-state index < -0.39 is 40.6 Å². The minimum absolute atomic E-state index is 0.0867. The van der Waals surface area contributed by atoms with Gasteiger partial charge in [0.1, 0.15) is 34.7 Å². The average Bonchev–Trinajstić information content (AvgIpc) is 2.79. The van der Waals surface area contributed by atoms with Crippen molar-refractivity contribution in [1.29, 1.82) is 0 Å². The largest absolute Gasteiger partial charge is 0.353 e. The van der Waals surface area contributed by atoms with E-state index in [0.29, 0.717) is 36.7 Å². The molecule has 10 heteroatoms. The van der Waals surface area contributed by atoms with Gasteiger partial charge in [0.2, 0.25) is 0 Å². The third-order valence-electron chi connectivity index (χ3n) is 5.24. The van der Waals surface area contributed by atoms with Gasteiger partial charge in [-0.1, -0.05) is 12.1 Å². The molecule has 2 amide bonds. The summed E-state index contributed by atoms with van der Waals surface area (Å²) in [6.07, 6.45) is 1.43. The third-order valence-corrected chi connectivity index (χ3v) is 5.24. The number of nitrogens with one attached hydrogen (secondary N) is 1. The van der Waals surface area contributed by atoms with E-state index in [-0.39, 0.29) is 18.7 Å². The van der Waals surface area contributed by atoms with E-state index in [0.717, 1.165) is 0 Å². The first kappa shape index (κ1) is 22.3. The Labute approximate surface area is 186 Å². The molecule has 1 fully saturated rings. The van der Waals surface area contributed by atoms with Gasteiger partial charge in [-0.25, -0.2) is 22.5 Å². The number of halogens is 4. The Morgan fingerprint density at radius 2 is 1.52 bits per heavy atom. The van der Waals surface area contributed by atoms with E-state index in [1.807, 2.05) is 4.90 Å². The molecule has 0 spiro atoms. The van der Waals surface area contributed by atoms with Crippen LogP contribution in [0, 0.1) is 23.3 Å². The second-order valence-electron chi connectivity index (χ2n) is 7.36. The van der Waals surface area contributed by atoms with Crippen LogP contribution in [0.3, 0.4) is 0 Å². The topological polar surface area (TPSA) is 65.5 Å². The molecule has 0 unspecified atom stereocenters. The van der Waals surface area contributed by atoms with Crippen molar-refractivity contribution in [2.45, 2.75) is 0 Å². The van der Waals surface area contributed by atoms with Gasteiger partial charge in [-0.15, -0.1) is 0 Å². The lowest BCUT2D eigenvalue weighted by molar-refractivity contribution is 0.0736. The Morgan fingerprint density at radius 1 is 0.848 bits per heavy atom. The lowest BCUT2D eigenvalue weighted by Gasteiger charge is -2.35. The smallest absolute Gasteiger partial charge is 0.259 e. The number of anilines is 2. The number of piperazine rings is 1. The molecule has 6 nitrogen and oxygen atoms in total. The van der Waals surface area contributed by atoms with Gasteiger partial charge in [0.05, 0.1) is 17.4 Å². The number of hydrogen-bond acceptors (Lipinski definition) is 4. The van der Waals surface area contributed by atoms with Crippen LogP contribution in [-0.4, -0.2) is 47.9 Å². The zero-order valence-electron chi connectivity index (χ0n) is 17.2. The Kier molecular flexibility index (Phi) is 6.25. The molecular formula is C23H18F4N4O2. The summed E-state index contributed by atoms with van der Waals surface area (Å²) in [4.78, 5) is 32.2. The molecule has 1 aliphatic heterocycles. The van der Waals surface area contributed by atoms with Gasteiger partial charge in [0.15, 0.2) is 0 Å². The van der Waals surface area contributed by atoms with Crippen molar-refractivity contribution in [2.24, 2.45) is 0 Å². The van der Waals surface area contributed by atoms with Crippen molar-refractivity contribution < 1.29 is 27.2 Å². The first-order chi connectivity index (χ1) is 15.8. The van der Waals surface area contributed by atoms with Gasteiger partial charge in [-0.3, -0.25) is 9.59 Å². The van der Waals surface area contributed by atoms with Crippen LogP contribution in [0.4, 0.5) is 29.1 Å². The van der Waals surface area contributed by atoms with Gasteiger partial charge in [0, 0.05) is 38.3 Å². The van der Waals surface area contributed by atoms with Crippen molar-refractivity contribution >= 4 is 23.3 Å². The quantitative estimate of drug-likeness (QED) is 0.604. The molecule has 0 aliphatic carbocycles. The molecule has 2 heterocycles. The SMILES string of the molecule is O=C(Nc1ccc(N2CCN(C(=O)c3c(F)cc(F)cc3F)CC2)nc1)c1ccccc1F. The number of aromatic nitrogens is 1. The Morgan fingerprint density at radius 3 is 2.12 bits per heavy atom. The lowest BCUT2D eigenvalue weighted by atomic mass is 10.1. The minimum Gasteiger partial charge on any atom is -0.353 e. The molecule has 1 N–H and O–H groups in total. The van der Waals surface area contributed by atoms with Crippen LogP contribution in [0.1, 0.15) is 20.7 Å². The average molecular weight is 458 g/mol. The predicted molar refractivity (Wildman–Crippen MR) is 113 cm³/mol. The van der Waals surface area contributed by atoms with Gasteiger partial charge in [-0.2, -0.15) is 0 Å². The molecule has 2 aromatic carbocycles. The highest BCUT2D eigenvalue weighted by molar-refractivity contribution is 6.04. The molecule has 0 atom stereocenters. The van der Waals surface area contributed by atoms with Crippen LogP contribution < -0.4 is 10.2 Å². The minimum atomic E-state index is -1.24. The first-order valence-corrected chi connectivity index (χ1v) is 10.0. The highest BCUT2D eigenvalue weighted by atomic mass is 19.1. The van der Waals surface area contributed by atoms with Crippen LogP contribution in [-0.2, 0) is 0 Å². The van der Waals surface area contributed by atoms with E-state index in [9.17, 15) is 27.2 Å². The van der Waals surface area contributed by atoms with Crippen molar-refractivity contribution in [3.8, 4) is 0 Å². The molecule has 0 radical (unpaired) electrons. The Hall–Kier alpha value is -3.95. The van der Waals surface area contributed by atoms with Crippen molar-refractivity contribution in [1.82, 2.24) is 9.88 Å². The highest BCUT2D eigenvalue weighted by Crippen LogP contribution is 2.21. The summed E-state index contributed by atoms with van der Waals surface area (Å²) in [5.41, 5.74) is -0.489. The van der Waals surface area contributed by atoms with Crippen LogP contribution in [0.2, 0.25) is 0 Å². The number of pyridine rings is 1. The fourth-order valence-electron chi connectivity index (χ4n) is 3.53. The molecule has 33 heavy (non-hydrogen) atoms. The van der Waals surface area contributed by atoms with Crippen LogP contribution in [0.5, 0.6) is 0 Å². The third kappa shape index (κ3) is 4.79. The summed E-state index contributed by atoms with van der Waals surface area (Å²) in [6.45, 7) is 1.07. The number of rotatable bonds is 4. The fraction of sp³-hybridized carbons (Fsp3) is 0.174. The maximum atomic E-state index is 13.9. The van der Waals surface area contributed by atoms with E-state index in [1.54, 1.807) is 18.2 Å². The van der Waals surface area contributed by atoms with E-state index in [2.05, 4.69) is 10.3 Å². The number of amides is 2. The maximum absolute atomic E-state index is 13.9. The van der Waals surface area contributed by atoms with Crippen LogP contribution >= 0.6 is 0 Å². The zero-order valence-corrected chi connectivity index (χ0v) is 17.2. The second kappa shape index (κ2) is 9.27. The Balaban J connectivity index is 1.37. The number of hydrogen-bond donors (Lipinski definition) is 1. The standard InChI is InChI=1S/C23H18F4N4O2/c24-14-11-18(26)21(19(27)12-14)23(33)31-9-7-30(8-10-31)20-6-5-15(13-28-20)29-22(32)16-3-1-2-4-17(16)25/h1-6,11-13H,7-10H2,(H,29,32). The monoisotopic (exact) mass is 458 g/mol. The molecular weight excluding hydrogens is 440 g/mol. The molecule has 0 saturated carbocycles. The normalized spacial score (nSPS) is 13.7. The van der Waals surface area contributed by atoms with Crippen LogP contribution in [0.15, 0.2) is 54.7 Å². The van der Waals surface area contributed by atoms with Gasteiger partial charge >= 0.3 is 0 Å². The van der Waals surface area contributed by atoms with Crippen molar-refractivity contribution in [2.75, 3.05) is 36.4 Å². The number of nitrogens with zero attached hydrogens (tertiary/aromatic N) is 3. The van der Waals surface area contributed by atoms with Crippen molar-refractivity contribution in [3.05, 3.63) is 89.1 Å². The predicted octanol–water partition coefficient (Wildman–Crippen LogP) is 3.85. The fourth-order valence-corrected chi connectivity index (χ4v) is 3.53. The Bertz CT molecular complexity index is 1170. The zero-order chi connectivity index (χ0) is 23.5. The molecule has 4 rings (SSSR count). The molecule has 3 aromatic rings. The number of carbonyl (C=O) groups excluding carboxylic acids is 2. The molecule has 0 bridgehead atoms. The molecule has 1 saturated heterocycles. The molecule has 1 aromatic heterocycles. The van der Waals surface area contributed by atoms with Gasteiger partial charge < -0.3 is 15.1 Å². The van der Waals surface area contributed by atoms with Crippen molar-refractivity contribution in [3.63, 3.8) is 0 Å². The first-order valence-electron chi connectivity index (χ1n) is 10.0.